The van der Waals surface area contributed by atoms with Crippen molar-refractivity contribution in [2.45, 2.75) is 31.7 Å². The summed E-state index contributed by atoms with van der Waals surface area (Å²) in [5, 5.41) is 1.79. The second-order valence-electron chi connectivity index (χ2n) is 7.00. The average Bonchev–Trinajstić information content (AvgIpc) is 3.48. The van der Waals surface area contributed by atoms with Gasteiger partial charge in [0.15, 0.2) is 0 Å². The van der Waals surface area contributed by atoms with Crippen molar-refractivity contribution in [1.82, 2.24) is 14.8 Å². The highest BCUT2D eigenvalue weighted by molar-refractivity contribution is 7.07. The molecule has 3 heterocycles. The van der Waals surface area contributed by atoms with E-state index in [0.29, 0.717) is 17.9 Å². The van der Waals surface area contributed by atoms with Gasteiger partial charge >= 0.3 is 0 Å². The van der Waals surface area contributed by atoms with Gasteiger partial charge in [0.1, 0.15) is 18.1 Å². The van der Waals surface area contributed by atoms with E-state index in [1.165, 1.54) is 11.3 Å². The molecule has 27 heavy (non-hydrogen) atoms. The number of benzene rings is 1. The van der Waals surface area contributed by atoms with E-state index in [9.17, 15) is 9.59 Å². The first-order valence-corrected chi connectivity index (χ1v) is 10.4. The molecule has 2 aliphatic heterocycles. The van der Waals surface area contributed by atoms with Crippen molar-refractivity contribution >= 4 is 23.2 Å². The van der Waals surface area contributed by atoms with E-state index in [-0.39, 0.29) is 17.9 Å². The van der Waals surface area contributed by atoms with Crippen LogP contribution in [0.5, 0.6) is 5.75 Å². The Balaban J connectivity index is 1.34. The van der Waals surface area contributed by atoms with E-state index in [1.54, 1.807) is 10.9 Å². The minimum Gasteiger partial charge on any atom is -0.491 e. The van der Waals surface area contributed by atoms with Crippen LogP contribution in [-0.4, -0.2) is 58.9 Å². The van der Waals surface area contributed by atoms with Gasteiger partial charge in [-0.1, -0.05) is 0 Å². The maximum absolute atomic E-state index is 12.5. The lowest BCUT2D eigenvalue weighted by Gasteiger charge is -2.24. The molecule has 1 atom stereocenters. The lowest BCUT2D eigenvalue weighted by molar-refractivity contribution is 0.0685. The molecule has 7 heteroatoms. The van der Waals surface area contributed by atoms with Crippen LogP contribution in [-0.2, 0) is 0 Å². The predicted octanol–water partition coefficient (Wildman–Crippen LogP) is 3.06. The van der Waals surface area contributed by atoms with Crippen LogP contribution >= 0.6 is 11.3 Å². The minimum atomic E-state index is -0.0195. The number of likely N-dealkylation sites (tertiary alicyclic amines) is 2. The summed E-state index contributed by atoms with van der Waals surface area (Å²) in [6.45, 7) is 2.90. The molecule has 0 radical (unpaired) electrons. The van der Waals surface area contributed by atoms with E-state index >= 15 is 0 Å². The quantitative estimate of drug-likeness (QED) is 0.794. The van der Waals surface area contributed by atoms with Gasteiger partial charge in [0.25, 0.3) is 11.8 Å². The molecule has 2 aromatic rings. The summed E-state index contributed by atoms with van der Waals surface area (Å²) < 4.78 is 5.91. The molecule has 0 bridgehead atoms. The SMILES string of the molecule is O=C(c1ccc(OCC2CCCN2C(=O)c2cscn2)cc1)N1CCCC1. The van der Waals surface area contributed by atoms with Gasteiger partial charge in [-0.05, 0) is 49.9 Å². The number of thiazole rings is 1. The summed E-state index contributed by atoms with van der Waals surface area (Å²) in [5.74, 6) is 0.796. The van der Waals surface area contributed by atoms with Crippen molar-refractivity contribution in [2.75, 3.05) is 26.2 Å². The van der Waals surface area contributed by atoms with Gasteiger partial charge in [0, 0.05) is 30.6 Å². The second kappa shape index (κ2) is 8.08. The zero-order chi connectivity index (χ0) is 18.6. The topological polar surface area (TPSA) is 62.7 Å². The summed E-state index contributed by atoms with van der Waals surface area (Å²) in [6.07, 6.45) is 4.09. The standard InChI is InChI=1S/C20H23N3O3S/c24-19(22-9-1-2-10-22)15-5-7-17(8-6-15)26-12-16-4-3-11-23(16)20(25)18-13-27-14-21-18/h5-8,13-14,16H,1-4,9-12H2. The highest BCUT2D eigenvalue weighted by Gasteiger charge is 2.30. The molecule has 0 saturated carbocycles. The van der Waals surface area contributed by atoms with Crippen molar-refractivity contribution in [1.29, 1.82) is 0 Å². The van der Waals surface area contributed by atoms with Gasteiger partial charge in [0.2, 0.25) is 0 Å². The first-order chi connectivity index (χ1) is 13.2. The first-order valence-electron chi connectivity index (χ1n) is 9.43. The molecule has 4 rings (SSSR count). The summed E-state index contributed by atoms with van der Waals surface area (Å²) in [6, 6.07) is 7.38. The van der Waals surface area contributed by atoms with Crippen molar-refractivity contribution < 1.29 is 14.3 Å². The third-order valence-corrected chi connectivity index (χ3v) is 5.81. The number of amides is 2. The Morgan fingerprint density at radius 1 is 1.07 bits per heavy atom. The molecule has 1 aromatic heterocycles. The number of nitrogens with zero attached hydrogens (tertiary/aromatic N) is 3. The fraction of sp³-hybridized carbons (Fsp3) is 0.450. The Morgan fingerprint density at radius 2 is 1.85 bits per heavy atom. The molecule has 1 aromatic carbocycles. The van der Waals surface area contributed by atoms with Crippen molar-refractivity contribution in [2.24, 2.45) is 0 Å². The van der Waals surface area contributed by atoms with Crippen LogP contribution in [0.15, 0.2) is 35.2 Å². The van der Waals surface area contributed by atoms with E-state index in [2.05, 4.69) is 4.98 Å². The zero-order valence-corrected chi connectivity index (χ0v) is 16.0. The van der Waals surface area contributed by atoms with Crippen molar-refractivity contribution in [3.63, 3.8) is 0 Å². The van der Waals surface area contributed by atoms with Gasteiger partial charge < -0.3 is 14.5 Å². The molecule has 6 nitrogen and oxygen atoms in total. The number of aromatic nitrogens is 1. The van der Waals surface area contributed by atoms with Crippen molar-refractivity contribution in [3.05, 3.63) is 46.4 Å². The molecular weight excluding hydrogens is 362 g/mol. The van der Waals surface area contributed by atoms with E-state index in [0.717, 1.165) is 51.1 Å². The highest BCUT2D eigenvalue weighted by Crippen LogP contribution is 2.22. The first kappa shape index (κ1) is 18.0. The van der Waals surface area contributed by atoms with Crippen LogP contribution < -0.4 is 4.74 Å². The molecule has 2 fully saturated rings. The largest absolute Gasteiger partial charge is 0.491 e. The summed E-state index contributed by atoms with van der Waals surface area (Å²) >= 11 is 1.43. The summed E-state index contributed by atoms with van der Waals surface area (Å²) in [5.41, 5.74) is 2.89. The van der Waals surface area contributed by atoms with Crippen LogP contribution in [0.1, 0.15) is 46.5 Å². The highest BCUT2D eigenvalue weighted by atomic mass is 32.1. The fourth-order valence-corrected chi connectivity index (χ4v) is 4.26. The van der Waals surface area contributed by atoms with Crippen molar-refractivity contribution in [3.8, 4) is 5.75 Å². The van der Waals surface area contributed by atoms with Gasteiger partial charge in [-0.2, -0.15) is 0 Å². The minimum absolute atomic E-state index is 0.0195. The summed E-state index contributed by atoms with van der Waals surface area (Å²) in [4.78, 5) is 32.8. The maximum atomic E-state index is 12.5. The van der Waals surface area contributed by atoms with Gasteiger partial charge in [-0.25, -0.2) is 4.98 Å². The second-order valence-corrected chi connectivity index (χ2v) is 7.72. The Morgan fingerprint density at radius 3 is 2.56 bits per heavy atom. The van der Waals surface area contributed by atoms with E-state index in [4.69, 9.17) is 4.74 Å². The Labute approximate surface area is 162 Å². The number of hydrogen-bond acceptors (Lipinski definition) is 5. The van der Waals surface area contributed by atoms with Crippen LogP contribution in [0.25, 0.3) is 0 Å². The molecular formula is C20H23N3O3S. The lowest BCUT2D eigenvalue weighted by Crippen LogP contribution is -2.39. The number of hydrogen-bond donors (Lipinski definition) is 0. The normalized spacial score (nSPS) is 19.5. The third-order valence-electron chi connectivity index (χ3n) is 5.23. The van der Waals surface area contributed by atoms with Crippen LogP contribution in [0, 0.1) is 0 Å². The molecule has 2 saturated heterocycles. The Hall–Kier alpha value is -2.41. The molecule has 0 aliphatic carbocycles. The Kier molecular flexibility index (Phi) is 5.38. The number of rotatable bonds is 5. The average molecular weight is 385 g/mol. The molecule has 0 N–H and O–H groups in total. The number of carbonyl (C=O) groups is 2. The lowest BCUT2D eigenvalue weighted by atomic mass is 10.2. The maximum Gasteiger partial charge on any atom is 0.273 e. The van der Waals surface area contributed by atoms with Crippen LogP contribution in [0.3, 0.4) is 0 Å². The van der Waals surface area contributed by atoms with Crippen LogP contribution in [0.4, 0.5) is 0 Å². The van der Waals surface area contributed by atoms with E-state index in [1.807, 2.05) is 34.1 Å². The third kappa shape index (κ3) is 3.98. The fourth-order valence-electron chi connectivity index (χ4n) is 3.73. The van der Waals surface area contributed by atoms with E-state index < -0.39 is 0 Å². The zero-order valence-electron chi connectivity index (χ0n) is 15.2. The Bertz CT molecular complexity index is 785. The monoisotopic (exact) mass is 385 g/mol. The molecule has 0 spiro atoms. The number of ether oxygens (including phenoxy) is 1. The smallest absolute Gasteiger partial charge is 0.273 e. The molecule has 2 aliphatic rings. The van der Waals surface area contributed by atoms with Gasteiger partial charge in [-0.3, -0.25) is 9.59 Å². The predicted molar refractivity (Wildman–Crippen MR) is 103 cm³/mol. The summed E-state index contributed by atoms with van der Waals surface area (Å²) in [7, 11) is 0. The number of carbonyl (C=O) groups excluding carboxylic acids is 2. The molecule has 142 valence electrons. The molecule has 2 amide bonds. The van der Waals surface area contributed by atoms with Crippen LogP contribution in [0.2, 0.25) is 0 Å². The van der Waals surface area contributed by atoms with Gasteiger partial charge in [-0.15, -0.1) is 11.3 Å². The molecule has 1 unspecified atom stereocenters. The van der Waals surface area contributed by atoms with Gasteiger partial charge in [0.05, 0.1) is 11.6 Å².